The van der Waals surface area contributed by atoms with Crippen molar-refractivity contribution in [1.29, 1.82) is 0 Å². The fraction of sp³-hybridized carbons (Fsp3) is 0.375. The molecule has 0 saturated carbocycles. The molecule has 0 bridgehead atoms. The van der Waals surface area contributed by atoms with Crippen LogP contribution in [0.25, 0.3) is 0 Å². The maximum absolute atomic E-state index is 12.3. The van der Waals surface area contributed by atoms with Crippen molar-refractivity contribution in [3.63, 3.8) is 0 Å². The van der Waals surface area contributed by atoms with Crippen molar-refractivity contribution in [3.8, 4) is 5.75 Å². The predicted octanol–water partition coefficient (Wildman–Crippen LogP) is 4.44. The van der Waals surface area contributed by atoms with Crippen LogP contribution in [0.1, 0.15) is 18.3 Å². The highest BCUT2D eigenvalue weighted by Gasteiger charge is 2.31. The summed E-state index contributed by atoms with van der Waals surface area (Å²) >= 11 is 3.43. The lowest BCUT2D eigenvalue weighted by molar-refractivity contribution is -0.274. The molecule has 2 rings (SSSR count). The molecule has 0 aliphatic heterocycles. The first-order valence-corrected chi connectivity index (χ1v) is 8.22. The largest absolute Gasteiger partial charge is 0.573 e. The molecule has 1 N–H and O–H groups in total. The Kier molecular flexibility index (Phi) is 5.76. The zero-order valence-electron chi connectivity index (χ0n) is 13.8. The van der Waals surface area contributed by atoms with Crippen LogP contribution in [0, 0.1) is 19.8 Å². The first kappa shape index (κ1) is 19.3. The molecular weight excluding hydrogens is 403 g/mol. The number of anilines is 1. The van der Waals surface area contributed by atoms with Crippen molar-refractivity contribution >= 4 is 27.5 Å². The van der Waals surface area contributed by atoms with Crippen LogP contribution in [0.2, 0.25) is 0 Å². The molecule has 0 fully saturated rings. The Labute approximate surface area is 151 Å². The zero-order valence-corrected chi connectivity index (χ0v) is 15.4. The second-order valence-corrected chi connectivity index (χ2v) is 6.42. The molecule has 1 aromatic heterocycles. The van der Waals surface area contributed by atoms with Gasteiger partial charge in [0.1, 0.15) is 5.75 Å². The minimum atomic E-state index is -4.74. The summed E-state index contributed by atoms with van der Waals surface area (Å²) in [6.07, 6.45) is -4.74. The van der Waals surface area contributed by atoms with E-state index in [1.807, 2.05) is 13.8 Å². The standard InChI is InChI=1S/C16H17BrF3N3O2/c1-9(8-23-11(3)14(17)10(2)22-23)15(24)21-12-4-6-13(7-5-12)25-16(18,19)20/h4-7,9H,8H2,1-3H3,(H,21,24). The Morgan fingerprint density at radius 1 is 1.32 bits per heavy atom. The monoisotopic (exact) mass is 419 g/mol. The molecule has 9 heteroatoms. The maximum atomic E-state index is 12.3. The van der Waals surface area contributed by atoms with Gasteiger partial charge in [-0.05, 0) is 54.0 Å². The third-order valence-electron chi connectivity index (χ3n) is 3.54. The molecule has 136 valence electrons. The molecule has 0 aliphatic carbocycles. The average Bonchev–Trinajstić information content (AvgIpc) is 2.75. The van der Waals surface area contributed by atoms with Gasteiger partial charge in [0.25, 0.3) is 0 Å². The third kappa shape index (κ3) is 5.22. The fourth-order valence-corrected chi connectivity index (χ4v) is 2.48. The average molecular weight is 420 g/mol. The highest BCUT2D eigenvalue weighted by Crippen LogP contribution is 2.24. The Hall–Kier alpha value is -2.03. The first-order chi connectivity index (χ1) is 11.6. The molecule has 1 unspecified atom stereocenters. The summed E-state index contributed by atoms with van der Waals surface area (Å²) in [5.41, 5.74) is 2.15. The number of hydrogen-bond donors (Lipinski definition) is 1. The zero-order chi connectivity index (χ0) is 18.8. The van der Waals surface area contributed by atoms with Gasteiger partial charge >= 0.3 is 6.36 Å². The minimum absolute atomic E-state index is 0.256. The van der Waals surface area contributed by atoms with Gasteiger partial charge in [-0.2, -0.15) is 5.10 Å². The molecule has 1 heterocycles. The second kappa shape index (κ2) is 7.47. The summed E-state index contributed by atoms with van der Waals surface area (Å²) < 4.78 is 42.8. The number of carbonyl (C=O) groups is 1. The number of aromatic nitrogens is 2. The molecule has 5 nitrogen and oxygen atoms in total. The van der Waals surface area contributed by atoms with Gasteiger partial charge in [0.2, 0.25) is 5.91 Å². The van der Waals surface area contributed by atoms with Crippen LogP contribution < -0.4 is 10.1 Å². The number of aryl methyl sites for hydroxylation is 1. The number of carbonyl (C=O) groups excluding carboxylic acids is 1. The highest BCUT2D eigenvalue weighted by atomic mass is 79.9. The smallest absolute Gasteiger partial charge is 0.406 e. The molecule has 0 aliphatic rings. The van der Waals surface area contributed by atoms with Gasteiger partial charge in [-0.3, -0.25) is 9.48 Å². The van der Waals surface area contributed by atoms with Gasteiger partial charge in [0.15, 0.2) is 0 Å². The maximum Gasteiger partial charge on any atom is 0.573 e. The van der Waals surface area contributed by atoms with Gasteiger partial charge in [0, 0.05) is 11.4 Å². The van der Waals surface area contributed by atoms with E-state index in [1.165, 1.54) is 12.1 Å². The van der Waals surface area contributed by atoms with Crippen molar-refractivity contribution in [2.24, 2.45) is 5.92 Å². The number of nitrogens with zero attached hydrogens (tertiary/aromatic N) is 2. The van der Waals surface area contributed by atoms with Crippen LogP contribution in [-0.4, -0.2) is 22.1 Å². The normalized spacial score (nSPS) is 12.8. The number of alkyl halides is 3. The van der Waals surface area contributed by atoms with E-state index >= 15 is 0 Å². The SMILES string of the molecule is Cc1nn(CC(C)C(=O)Nc2ccc(OC(F)(F)F)cc2)c(C)c1Br. The molecule has 25 heavy (non-hydrogen) atoms. The van der Waals surface area contributed by atoms with Gasteiger partial charge in [0.05, 0.1) is 22.6 Å². The Bertz CT molecular complexity index is 757. The minimum Gasteiger partial charge on any atom is -0.406 e. The van der Waals surface area contributed by atoms with Crippen molar-refractivity contribution in [1.82, 2.24) is 9.78 Å². The highest BCUT2D eigenvalue weighted by molar-refractivity contribution is 9.10. The number of nitrogens with one attached hydrogen (secondary N) is 1. The lowest BCUT2D eigenvalue weighted by Crippen LogP contribution is -2.25. The number of benzene rings is 1. The van der Waals surface area contributed by atoms with E-state index in [2.05, 4.69) is 31.1 Å². The van der Waals surface area contributed by atoms with E-state index in [4.69, 9.17) is 0 Å². The molecule has 2 aromatic rings. The summed E-state index contributed by atoms with van der Waals surface area (Å²) in [6.45, 7) is 5.90. The van der Waals surface area contributed by atoms with Crippen LogP contribution in [0.5, 0.6) is 5.75 Å². The number of halogens is 4. The van der Waals surface area contributed by atoms with Gasteiger partial charge in [-0.15, -0.1) is 13.2 Å². The Morgan fingerprint density at radius 2 is 1.92 bits per heavy atom. The molecule has 0 saturated heterocycles. The summed E-state index contributed by atoms with van der Waals surface area (Å²) in [5, 5.41) is 7.02. The fourth-order valence-electron chi connectivity index (χ4n) is 2.20. The van der Waals surface area contributed by atoms with E-state index in [-0.39, 0.29) is 17.6 Å². The van der Waals surface area contributed by atoms with E-state index in [1.54, 1.807) is 11.6 Å². The molecule has 1 amide bonds. The van der Waals surface area contributed by atoms with Crippen molar-refractivity contribution < 1.29 is 22.7 Å². The van der Waals surface area contributed by atoms with Crippen molar-refractivity contribution in [2.45, 2.75) is 33.7 Å². The summed E-state index contributed by atoms with van der Waals surface area (Å²) in [6, 6.07) is 5.00. The quantitative estimate of drug-likeness (QED) is 0.779. The third-order valence-corrected chi connectivity index (χ3v) is 4.69. The molecule has 0 radical (unpaired) electrons. The Balaban J connectivity index is 1.97. The lowest BCUT2D eigenvalue weighted by Gasteiger charge is -2.14. The molecule has 0 spiro atoms. The number of amides is 1. The number of hydrogen-bond acceptors (Lipinski definition) is 3. The van der Waals surface area contributed by atoms with Crippen LogP contribution in [-0.2, 0) is 11.3 Å². The summed E-state index contributed by atoms with van der Waals surface area (Å²) in [7, 11) is 0. The van der Waals surface area contributed by atoms with Crippen LogP contribution in [0.4, 0.5) is 18.9 Å². The van der Waals surface area contributed by atoms with Crippen LogP contribution >= 0.6 is 15.9 Å². The van der Waals surface area contributed by atoms with Gasteiger partial charge in [-0.25, -0.2) is 0 Å². The Morgan fingerprint density at radius 3 is 2.40 bits per heavy atom. The molecule has 1 aromatic carbocycles. The second-order valence-electron chi connectivity index (χ2n) is 5.63. The lowest BCUT2D eigenvalue weighted by atomic mass is 10.1. The molecular formula is C16H17BrF3N3O2. The number of rotatable bonds is 5. The summed E-state index contributed by atoms with van der Waals surface area (Å²) in [5.74, 6) is -0.977. The van der Waals surface area contributed by atoms with E-state index in [0.29, 0.717) is 12.2 Å². The van der Waals surface area contributed by atoms with E-state index in [9.17, 15) is 18.0 Å². The number of ether oxygens (including phenoxy) is 1. The van der Waals surface area contributed by atoms with Crippen LogP contribution in [0.3, 0.4) is 0 Å². The predicted molar refractivity (Wildman–Crippen MR) is 90.3 cm³/mol. The van der Waals surface area contributed by atoms with Crippen molar-refractivity contribution in [3.05, 3.63) is 40.1 Å². The topological polar surface area (TPSA) is 56.2 Å². The van der Waals surface area contributed by atoms with E-state index < -0.39 is 6.36 Å². The first-order valence-electron chi connectivity index (χ1n) is 7.43. The van der Waals surface area contributed by atoms with Crippen LogP contribution in [0.15, 0.2) is 28.7 Å². The van der Waals surface area contributed by atoms with E-state index in [0.717, 1.165) is 28.0 Å². The van der Waals surface area contributed by atoms with Crippen molar-refractivity contribution in [2.75, 3.05) is 5.32 Å². The van der Waals surface area contributed by atoms with Gasteiger partial charge < -0.3 is 10.1 Å². The van der Waals surface area contributed by atoms with Gasteiger partial charge in [-0.1, -0.05) is 6.92 Å². The molecule has 1 atom stereocenters. The summed E-state index contributed by atoms with van der Waals surface area (Å²) in [4.78, 5) is 12.3.